The van der Waals surface area contributed by atoms with Gasteiger partial charge in [-0.15, -0.1) is 0 Å². The van der Waals surface area contributed by atoms with E-state index in [1.54, 1.807) is 12.1 Å². The highest BCUT2D eigenvalue weighted by Crippen LogP contribution is 2.08. The molecule has 1 aliphatic rings. The summed E-state index contributed by atoms with van der Waals surface area (Å²) in [6, 6.07) is 6.45. The predicted molar refractivity (Wildman–Crippen MR) is 108 cm³/mol. The third-order valence-electron chi connectivity index (χ3n) is 4.49. The van der Waals surface area contributed by atoms with Gasteiger partial charge in [0, 0.05) is 13.1 Å². The van der Waals surface area contributed by atoms with Gasteiger partial charge in [-0.2, -0.15) is 0 Å². The molecule has 10 heteroatoms. The molecule has 10 nitrogen and oxygen atoms in total. The van der Waals surface area contributed by atoms with Gasteiger partial charge in [0.25, 0.3) is 0 Å². The summed E-state index contributed by atoms with van der Waals surface area (Å²) in [7, 11) is 0. The van der Waals surface area contributed by atoms with Crippen molar-refractivity contribution in [2.24, 2.45) is 5.92 Å². The highest BCUT2D eigenvalue weighted by atomic mass is 16.5. The van der Waals surface area contributed by atoms with Crippen LogP contribution in [0.15, 0.2) is 30.3 Å². The minimum Gasteiger partial charge on any atom is -0.480 e. The number of rotatable bonds is 10. The van der Waals surface area contributed by atoms with Crippen molar-refractivity contribution < 1.29 is 29.0 Å². The van der Waals surface area contributed by atoms with Crippen molar-refractivity contribution in [3.63, 3.8) is 0 Å². The molecule has 30 heavy (non-hydrogen) atoms. The Bertz CT molecular complexity index is 755. The Hall–Kier alpha value is -3.30. The van der Waals surface area contributed by atoms with Crippen LogP contribution in [-0.2, 0) is 20.9 Å². The van der Waals surface area contributed by atoms with Gasteiger partial charge in [0.15, 0.2) is 0 Å². The molecule has 1 fully saturated rings. The van der Waals surface area contributed by atoms with Crippen LogP contribution in [0.3, 0.4) is 0 Å². The van der Waals surface area contributed by atoms with Crippen LogP contribution in [-0.4, -0.2) is 65.7 Å². The first-order valence-corrected chi connectivity index (χ1v) is 9.79. The maximum absolute atomic E-state index is 12.7. The lowest BCUT2D eigenvalue weighted by atomic mass is 10.0. The van der Waals surface area contributed by atoms with Crippen LogP contribution >= 0.6 is 0 Å². The largest absolute Gasteiger partial charge is 0.480 e. The van der Waals surface area contributed by atoms with Crippen molar-refractivity contribution in [1.82, 2.24) is 20.9 Å². The van der Waals surface area contributed by atoms with Gasteiger partial charge in [-0.25, -0.2) is 14.4 Å². The molecule has 0 aliphatic carbocycles. The van der Waals surface area contributed by atoms with Gasteiger partial charge < -0.3 is 30.7 Å². The number of alkyl carbamates (subject to hydrolysis) is 1. The van der Waals surface area contributed by atoms with Crippen LogP contribution in [0.5, 0.6) is 0 Å². The molecule has 0 bridgehead atoms. The molecule has 0 spiro atoms. The Balaban J connectivity index is 1.95. The smallest absolute Gasteiger partial charge is 0.408 e. The first-order chi connectivity index (χ1) is 14.3. The minimum absolute atomic E-state index is 0.0461. The second-order valence-corrected chi connectivity index (χ2v) is 7.47. The van der Waals surface area contributed by atoms with Gasteiger partial charge in [0.05, 0.1) is 6.54 Å². The zero-order chi connectivity index (χ0) is 22.1. The fraction of sp³-hybridized carbons (Fsp3) is 0.500. The number of ether oxygens (including phenoxy) is 1. The predicted octanol–water partition coefficient (Wildman–Crippen LogP) is 0.922. The fourth-order valence-corrected chi connectivity index (χ4v) is 2.97. The van der Waals surface area contributed by atoms with Crippen molar-refractivity contribution in [2.75, 3.05) is 19.6 Å². The zero-order valence-corrected chi connectivity index (χ0v) is 17.1. The molecule has 1 aromatic rings. The normalized spacial score (nSPS) is 15.3. The lowest BCUT2D eigenvalue weighted by molar-refractivity contribution is -0.142. The fourth-order valence-electron chi connectivity index (χ4n) is 2.97. The lowest BCUT2D eigenvalue weighted by Crippen LogP contribution is -2.55. The number of carbonyl (C=O) groups is 4. The van der Waals surface area contributed by atoms with Crippen molar-refractivity contribution in [2.45, 2.75) is 39.0 Å². The summed E-state index contributed by atoms with van der Waals surface area (Å²) in [5.74, 6) is -1.85. The number of carboxylic acid groups (broad SMARTS) is 1. The van der Waals surface area contributed by atoms with Crippen LogP contribution < -0.4 is 16.0 Å². The minimum atomic E-state index is -1.29. The third kappa shape index (κ3) is 7.26. The third-order valence-corrected chi connectivity index (χ3v) is 4.49. The van der Waals surface area contributed by atoms with Gasteiger partial charge >= 0.3 is 18.1 Å². The topological polar surface area (TPSA) is 137 Å². The molecule has 4 N–H and O–H groups in total. The number of carbonyl (C=O) groups excluding carboxylic acids is 3. The van der Waals surface area contributed by atoms with E-state index < -0.39 is 30.1 Å². The average molecular weight is 420 g/mol. The summed E-state index contributed by atoms with van der Waals surface area (Å²) in [6.07, 6.45) is -0.478. The molecule has 0 radical (unpaired) electrons. The maximum atomic E-state index is 12.7. The Morgan fingerprint density at radius 2 is 1.87 bits per heavy atom. The second-order valence-electron chi connectivity index (χ2n) is 7.47. The van der Waals surface area contributed by atoms with Crippen LogP contribution in [0.25, 0.3) is 0 Å². The quantitative estimate of drug-likeness (QED) is 0.444. The summed E-state index contributed by atoms with van der Waals surface area (Å²) in [5, 5.41) is 16.9. The van der Waals surface area contributed by atoms with Crippen LogP contribution in [0.2, 0.25) is 0 Å². The molecule has 2 atom stereocenters. The molecule has 2 unspecified atom stereocenters. The first-order valence-electron chi connectivity index (χ1n) is 9.79. The Labute approximate surface area is 174 Å². The Kier molecular flexibility index (Phi) is 8.45. The summed E-state index contributed by atoms with van der Waals surface area (Å²) in [5.41, 5.74) is 0.798. The molecular weight excluding hydrogens is 392 g/mol. The molecule has 1 aliphatic heterocycles. The van der Waals surface area contributed by atoms with Crippen molar-refractivity contribution in [3.8, 4) is 0 Å². The van der Waals surface area contributed by atoms with E-state index in [0.717, 1.165) is 5.56 Å². The molecule has 1 heterocycles. The highest BCUT2D eigenvalue weighted by Gasteiger charge is 2.31. The van der Waals surface area contributed by atoms with Gasteiger partial charge in [-0.05, 0) is 17.9 Å². The molecule has 0 aromatic heterocycles. The van der Waals surface area contributed by atoms with Crippen molar-refractivity contribution in [3.05, 3.63) is 35.9 Å². The van der Waals surface area contributed by atoms with E-state index >= 15 is 0 Å². The molecular formula is C20H28N4O6. The summed E-state index contributed by atoms with van der Waals surface area (Å²) < 4.78 is 5.16. The number of urea groups is 1. The molecule has 4 amide bonds. The summed E-state index contributed by atoms with van der Waals surface area (Å²) in [6.45, 7) is 4.41. The molecule has 1 saturated heterocycles. The summed E-state index contributed by atoms with van der Waals surface area (Å²) in [4.78, 5) is 49.4. The second kappa shape index (κ2) is 11.0. The summed E-state index contributed by atoms with van der Waals surface area (Å²) >= 11 is 0. The van der Waals surface area contributed by atoms with E-state index in [-0.39, 0.29) is 25.1 Å². The van der Waals surface area contributed by atoms with Gasteiger partial charge in [-0.3, -0.25) is 4.79 Å². The van der Waals surface area contributed by atoms with E-state index in [9.17, 15) is 24.3 Å². The van der Waals surface area contributed by atoms with Crippen LogP contribution in [0.1, 0.15) is 25.8 Å². The Morgan fingerprint density at radius 3 is 2.43 bits per heavy atom. The average Bonchev–Trinajstić information content (AvgIpc) is 3.10. The number of nitrogens with zero attached hydrogens (tertiary/aromatic N) is 1. The molecule has 2 rings (SSSR count). The van der Waals surface area contributed by atoms with E-state index in [4.69, 9.17) is 4.74 Å². The number of amides is 4. The molecule has 164 valence electrons. The number of hydrogen-bond donors (Lipinski definition) is 4. The zero-order valence-electron chi connectivity index (χ0n) is 17.1. The maximum Gasteiger partial charge on any atom is 0.408 e. The molecule has 0 saturated carbocycles. The lowest BCUT2D eigenvalue weighted by Gasteiger charge is -2.24. The van der Waals surface area contributed by atoms with E-state index in [1.165, 1.54) is 4.90 Å². The van der Waals surface area contributed by atoms with Gasteiger partial charge in [0.2, 0.25) is 5.91 Å². The number of benzene rings is 1. The monoisotopic (exact) mass is 420 g/mol. The first kappa shape index (κ1) is 23.0. The number of aliphatic carboxylic acids is 1. The van der Waals surface area contributed by atoms with Gasteiger partial charge in [-0.1, -0.05) is 44.2 Å². The highest BCUT2D eigenvalue weighted by molar-refractivity contribution is 5.89. The number of nitrogens with one attached hydrogen (secondary N) is 3. The van der Waals surface area contributed by atoms with Crippen LogP contribution in [0, 0.1) is 5.92 Å². The number of carboxylic acids is 1. The molecule has 1 aromatic carbocycles. The van der Waals surface area contributed by atoms with E-state index in [0.29, 0.717) is 19.5 Å². The van der Waals surface area contributed by atoms with Crippen molar-refractivity contribution >= 4 is 24.0 Å². The van der Waals surface area contributed by atoms with E-state index in [2.05, 4.69) is 16.0 Å². The Morgan fingerprint density at radius 1 is 1.17 bits per heavy atom. The van der Waals surface area contributed by atoms with Crippen LogP contribution in [0.4, 0.5) is 9.59 Å². The number of hydrogen-bond acceptors (Lipinski definition) is 5. The van der Waals surface area contributed by atoms with Gasteiger partial charge in [0.1, 0.15) is 18.7 Å². The SMILES string of the molecule is CC(C)CC(NC(=O)OCc1ccccc1)C(=O)NC(CN1CCNC1=O)C(=O)O. The standard InChI is InChI=1S/C20H28N4O6/c1-13(2)10-15(23-20(29)30-12-14-6-4-3-5-7-14)17(25)22-16(18(26)27)11-24-9-8-21-19(24)28/h3-7,13,15-16H,8-12H2,1-2H3,(H,21,28)(H,22,25)(H,23,29)(H,26,27). The van der Waals surface area contributed by atoms with E-state index in [1.807, 2.05) is 32.0 Å². The van der Waals surface area contributed by atoms with Crippen molar-refractivity contribution in [1.29, 1.82) is 0 Å².